The van der Waals surface area contributed by atoms with Crippen LogP contribution >= 0.6 is 0 Å². The lowest BCUT2D eigenvalue weighted by atomic mass is 9.92. The predicted molar refractivity (Wildman–Crippen MR) is 89.2 cm³/mol. The van der Waals surface area contributed by atoms with Gasteiger partial charge in [-0.2, -0.15) is 0 Å². The number of nitrogens with zero attached hydrogens (tertiary/aromatic N) is 2. The molecule has 0 saturated carbocycles. The number of rotatable bonds is 3. The molecule has 2 aliphatic rings. The van der Waals surface area contributed by atoms with Gasteiger partial charge in [0.15, 0.2) is 6.10 Å². The van der Waals surface area contributed by atoms with Crippen LogP contribution in [0.15, 0.2) is 35.5 Å². The molecule has 1 saturated heterocycles. The summed E-state index contributed by atoms with van der Waals surface area (Å²) >= 11 is 0. The third kappa shape index (κ3) is 4.20. The molecule has 0 aromatic heterocycles. The molecule has 2 aliphatic heterocycles. The number of carboxylic acid groups (broad SMARTS) is 1. The van der Waals surface area contributed by atoms with Gasteiger partial charge >= 0.3 is 12.2 Å². The highest BCUT2D eigenvalue weighted by atomic mass is 16.6. The van der Waals surface area contributed by atoms with E-state index in [-0.39, 0.29) is 37.8 Å². The summed E-state index contributed by atoms with van der Waals surface area (Å²) in [6, 6.07) is 9.00. The van der Waals surface area contributed by atoms with Crippen molar-refractivity contribution >= 4 is 17.9 Å². The first-order chi connectivity index (χ1) is 12.0. The maximum atomic E-state index is 12.1. The summed E-state index contributed by atoms with van der Waals surface area (Å²) in [7, 11) is 0. The SMILES string of the molecule is CC1=NOC2CN(C(=O)O)CC(NC(=O)OCc3ccccc3)CC12. The minimum Gasteiger partial charge on any atom is -0.465 e. The molecular weight excluding hydrogens is 326 g/mol. The molecule has 1 aromatic rings. The van der Waals surface area contributed by atoms with E-state index >= 15 is 0 Å². The Morgan fingerprint density at radius 3 is 2.84 bits per heavy atom. The molecule has 3 unspecified atom stereocenters. The standard InChI is InChI=1S/C17H21N3O5/c1-11-14-7-13(8-20(17(22)23)9-15(14)25-19-11)18-16(21)24-10-12-5-3-2-4-6-12/h2-6,13-15H,7-10H2,1H3,(H,18,21)(H,22,23). The van der Waals surface area contributed by atoms with Crippen molar-refractivity contribution in [2.24, 2.45) is 11.1 Å². The third-order valence-corrected chi connectivity index (χ3v) is 4.50. The fourth-order valence-electron chi connectivity index (χ4n) is 3.17. The van der Waals surface area contributed by atoms with Crippen molar-refractivity contribution in [3.05, 3.63) is 35.9 Å². The topological polar surface area (TPSA) is 100 Å². The van der Waals surface area contributed by atoms with Gasteiger partial charge in [0.05, 0.1) is 18.3 Å². The average Bonchev–Trinajstić information content (AvgIpc) is 2.82. The second-order valence-corrected chi connectivity index (χ2v) is 6.31. The van der Waals surface area contributed by atoms with E-state index in [9.17, 15) is 14.7 Å². The van der Waals surface area contributed by atoms with Crippen molar-refractivity contribution in [2.45, 2.75) is 32.1 Å². The molecule has 134 valence electrons. The third-order valence-electron chi connectivity index (χ3n) is 4.50. The van der Waals surface area contributed by atoms with Crippen LogP contribution in [-0.2, 0) is 16.2 Å². The number of likely N-dealkylation sites (tertiary alicyclic amines) is 1. The fourth-order valence-corrected chi connectivity index (χ4v) is 3.17. The van der Waals surface area contributed by atoms with Gasteiger partial charge in [0.2, 0.25) is 0 Å². The first-order valence-electron chi connectivity index (χ1n) is 8.18. The van der Waals surface area contributed by atoms with Crippen LogP contribution in [0, 0.1) is 5.92 Å². The number of ether oxygens (including phenoxy) is 1. The molecule has 1 fully saturated rings. The van der Waals surface area contributed by atoms with Gasteiger partial charge in [-0.05, 0) is 18.9 Å². The van der Waals surface area contributed by atoms with E-state index in [4.69, 9.17) is 9.57 Å². The zero-order chi connectivity index (χ0) is 17.8. The molecule has 0 radical (unpaired) electrons. The summed E-state index contributed by atoms with van der Waals surface area (Å²) in [6.45, 7) is 2.45. The van der Waals surface area contributed by atoms with Crippen LogP contribution < -0.4 is 5.32 Å². The smallest absolute Gasteiger partial charge is 0.407 e. The lowest BCUT2D eigenvalue weighted by molar-refractivity contribution is 0.0412. The maximum absolute atomic E-state index is 12.1. The highest BCUT2D eigenvalue weighted by molar-refractivity contribution is 5.85. The minimum atomic E-state index is -1.04. The average molecular weight is 347 g/mol. The van der Waals surface area contributed by atoms with E-state index in [2.05, 4.69) is 10.5 Å². The van der Waals surface area contributed by atoms with Gasteiger partial charge in [-0.1, -0.05) is 35.5 Å². The van der Waals surface area contributed by atoms with Crippen molar-refractivity contribution in [2.75, 3.05) is 13.1 Å². The van der Waals surface area contributed by atoms with E-state index in [0.717, 1.165) is 11.3 Å². The largest absolute Gasteiger partial charge is 0.465 e. The van der Waals surface area contributed by atoms with E-state index in [0.29, 0.717) is 6.42 Å². The first-order valence-corrected chi connectivity index (χ1v) is 8.18. The zero-order valence-corrected chi connectivity index (χ0v) is 13.9. The monoisotopic (exact) mass is 347 g/mol. The number of oxime groups is 1. The van der Waals surface area contributed by atoms with Crippen LogP contribution in [0.2, 0.25) is 0 Å². The number of nitrogens with one attached hydrogen (secondary N) is 1. The Morgan fingerprint density at radius 1 is 1.36 bits per heavy atom. The molecule has 0 aliphatic carbocycles. The van der Waals surface area contributed by atoms with Crippen LogP contribution in [0.1, 0.15) is 18.9 Å². The summed E-state index contributed by atoms with van der Waals surface area (Å²) in [5.74, 6) is -0.0104. The van der Waals surface area contributed by atoms with Crippen LogP contribution in [0.25, 0.3) is 0 Å². The van der Waals surface area contributed by atoms with Gasteiger partial charge in [0.1, 0.15) is 6.61 Å². The second kappa shape index (κ2) is 7.42. The van der Waals surface area contributed by atoms with Crippen molar-refractivity contribution in [1.82, 2.24) is 10.2 Å². The molecular formula is C17H21N3O5. The van der Waals surface area contributed by atoms with Gasteiger partial charge in [-0.15, -0.1) is 0 Å². The Hall–Kier alpha value is -2.77. The highest BCUT2D eigenvalue weighted by Gasteiger charge is 2.40. The summed E-state index contributed by atoms with van der Waals surface area (Å²) in [5.41, 5.74) is 1.71. The van der Waals surface area contributed by atoms with Crippen molar-refractivity contribution in [1.29, 1.82) is 0 Å². The summed E-state index contributed by atoms with van der Waals surface area (Å²) in [4.78, 5) is 30.1. The normalized spacial score (nSPS) is 25.2. The summed E-state index contributed by atoms with van der Waals surface area (Å²) in [5, 5.41) is 16.1. The van der Waals surface area contributed by atoms with Crippen LogP contribution in [0.3, 0.4) is 0 Å². The van der Waals surface area contributed by atoms with Gasteiger partial charge in [-0.3, -0.25) is 0 Å². The number of carbonyl (C=O) groups is 2. The molecule has 3 rings (SSSR count). The number of carbonyl (C=O) groups excluding carboxylic acids is 1. The predicted octanol–water partition coefficient (Wildman–Crippen LogP) is 2.06. The van der Waals surface area contributed by atoms with E-state index in [1.807, 2.05) is 37.3 Å². The summed E-state index contributed by atoms with van der Waals surface area (Å²) in [6.07, 6.45) is -1.35. The number of fused-ring (bicyclic) bond motifs is 1. The lowest BCUT2D eigenvalue weighted by Crippen LogP contribution is -2.45. The molecule has 3 atom stereocenters. The molecule has 0 bridgehead atoms. The highest BCUT2D eigenvalue weighted by Crippen LogP contribution is 2.27. The molecule has 2 heterocycles. The van der Waals surface area contributed by atoms with Crippen LogP contribution in [0.5, 0.6) is 0 Å². The Balaban J connectivity index is 1.60. The van der Waals surface area contributed by atoms with Gasteiger partial charge in [0, 0.05) is 12.5 Å². The number of amides is 2. The van der Waals surface area contributed by atoms with Gasteiger partial charge < -0.3 is 24.9 Å². The number of hydrogen-bond acceptors (Lipinski definition) is 5. The molecule has 1 aromatic carbocycles. The first kappa shape index (κ1) is 17.1. The Kier molecular flexibility index (Phi) is 5.06. The molecule has 8 heteroatoms. The molecule has 2 amide bonds. The quantitative estimate of drug-likeness (QED) is 0.872. The minimum absolute atomic E-state index is 0.0104. The van der Waals surface area contributed by atoms with Crippen LogP contribution in [0.4, 0.5) is 9.59 Å². The van der Waals surface area contributed by atoms with E-state index < -0.39 is 12.2 Å². The second-order valence-electron chi connectivity index (χ2n) is 6.31. The lowest BCUT2D eigenvalue weighted by Gasteiger charge is -2.22. The maximum Gasteiger partial charge on any atom is 0.407 e. The van der Waals surface area contributed by atoms with Crippen molar-refractivity contribution in [3.63, 3.8) is 0 Å². The van der Waals surface area contributed by atoms with E-state index in [1.165, 1.54) is 4.90 Å². The molecule has 25 heavy (non-hydrogen) atoms. The summed E-state index contributed by atoms with van der Waals surface area (Å²) < 4.78 is 5.23. The van der Waals surface area contributed by atoms with Gasteiger partial charge in [0.25, 0.3) is 0 Å². The number of benzene rings is 1. The molecule has 2 N–H and O–H groups in total. The molecule has 8 nitrogen and oxygen atoms in total. The van der Waals surface area contributed by atoms with Crippen molar-refractivity contribution in [3.8, 4) is 0 Å². The van der Waals surface area contributed by atoms with Gasteiger partial charge in [-0.25, -0.2) is 9.59 Å². The number of alkyl carbamates (subject to hydrolysis) is 1. The Labute approximate surface area is 145 Å². The van der Waals surface area contributed by atoms with Crippen molar-refractivity contribution < 1.29 is 24.3 Å². The Morgan fingerprint density at radius 2 is 2.12 bits per heavy atom. The zero-order valence-electron chi connectivity index (χ0n) is 13.9. The molecule has 0 spiro atoms. The van der Waals surface area contributed by atoms with Crippen LogP contribution in [-0.4, -0.2) is 53.1 Å². The van der Waals surface area contributed by atoms with E-state index in [1.54, 1.807) is 0 Å². The fraction of sp³-hybridized carbons (Fsp3) is 0.471. The number of hydrogen-bond donors (Lipinski definition) is 2. The Bertz CT molecular complexity index is 664.